The zero-order chi connectivity index (χ0) is 14.0. The molecule has 0 bridgehead atoms. The quantitative estimate of drug-likeness (QED) is 0.662. The normalized spacial score (nSPS) is 11.4. The highest BCUT2D eigenvalue weighted by Gasteiger charge is 2.31. The molecule has 6 heteroatoms. The predicted molar refractivity (Wildman–Crippen MR) is 62.9 cm³/mol. The van der Waals surface area contributed by atoms with E-state index in [1.54, 1.807) is 0 Å². The Kier molecular flexibility index (Phi) is 3.33. The average Bonchev–Trinajstić information content (AvgIpc) is 2.31. The first-order chi connectivity index (χ1) is 8.85. The average molecular weight is 271 g/mol. The Hall–Kier alpha value is -2.24. The van der Waals surface area contributed by atoms with Crippen molar-refractivity contribution in [3.8, 4) is 16.9 Å². The van der Waals surface area contributed by atoms with Crippen LogP contribution in [0.4, 0.5) is 23.2 Å². The molecule has 0 aliphatic heterocycles. The minimum atomic E-state index is -4.77. The van der Waals surface area contributed by atoms with Crippen LogP contribution in [0.2, 0.25) is 0 Å². The Bertz CT molecular complexity index is 578. The number of benzene rings is 2. The molecule has 0 spiro atoms. The maximum absolute atomic E-state index is 12.8. The maximum Gasteiger partial charge on any atom is 0.573 e. The van der Waals surface area contributed by atoms with Gasteiger partial charge < -0.3 is 10.5 Å². The minimum absolute atomic E-state index is 0.279. The van der Waals surface area contributed by atoms with Crippen LogP contribution in [-0.2, 0) is 0 Å². The van der Waals surface area contributed by atoms with Crippen molar-refractivity contribution >= 4 is 5.69 Å². The second kappa shape index (κ2) is 4.79. The van der Waals surface area contributed by atoms with E-state index in [1.807, 2.05) is 0 Å². The lowest BCUT2D eigenvalue weighted by Crippen LogP contribution is -2.17. The van der Waals surface area contributed by atoms with Crippen molar-refractivity contribution in [2.75, 3.05) is 5.73 Å². The third-order valence-electron chi connectivity index (χ3n) is 2.41. The summed E-state index contributed by atoms with van der Waals surface area (Å²) in [5, 5.41) is 0. The van der Waals surface area contributed by atoms with Crippen LogP contribution in [0.3, 0.4) is 0 Å². The van der Waals surface area contributed by atoms with E-state index in [4.69, 9.17) is 5.73 Å². The zero-order valence-corrected chi connectivity index (χ0v) is 9.54. The number of anilines is 1. The van der Waals surface area contributed by atoms with Gasteiger partial charge in [-0.25, -0.2) is 4.39 Å². The van der Waals surface area contributed by atoms with Crippen molar-refractivity contribution in [1.82, 2.24) is 0 Å². The van der Waals surface area contributed by atoms with Gasteiger partial charge in [-0.1, -0.05) is 12.1 Å². The number of rotatable bonds is 2. The third kappa shape index (κ3) is 3.37. The summed E-state index contributed by atoms with van der Waals surface area (Å²) in [6.45, 7) is 0. The van der Waals surface area contributed by atoms with Crippen LogP contribution in [0, 0.1) is 5.82 Å². The van der Waals surface area contributed by atoms with Gasteiger partial charge in [-0.2, -0.15) is 0 Å². The number of hydrogen-bond donors (Lipinski definition) is 1. The first-order valence-electron chi connectivity index (χ1n) is 5.26. The second-order valence-corrected chi connectivity index (χ2v) is 3.80. The monoisotopic (exact) mass is 271 g/mol. The summed E-state index contributed by atoms with van der Waals surface area (Å²) in [5.41, 5.74) is 6.83. The molecule has 0 aliphatic rings. The van der Waals surface area contributed by atoms with Crippen LogP contribution in [0.5, 0.6) is 5.75 Å². The minimum Gasteiger partial charge on any atom is -0.406 e. The molecule has 0 radical (unpaired) electrons. The number of nitrogen functional groups attached to an aromatic ring is 1. The summed E-state index contributed by atoms with van der Waals surface area (Å²) in [5.74, 6) is -0.814. The van der Waals surface area contributed by atoms with Crippen LogP contribution >= 0.6 is 0 Å². The zero-order valence-electron chi connectivity index (χ0n) is 9.54. The van der Waals surface area contributed by atoms with Gasteiger partial charge in [0.1, 0.15) is 11.6 Å². The van der Waals surface area contributed by atoms with E-state index in [2.05, 4.69) is 4.74 Å². The summed E-state index contributed by atoms with van der Waals surface area (Å²) in [6.07, 6.45) is -4.77. The van der Waals surface area contributed by atoms with Gasteiger partial charge in [0.15, 0.2) is 0 Å². The fourth-order valence-electron chi connectivity index (χ4n) is 1.61. The molecule has 0 saturated carbocycles. The Morgan fingerprint density at radius 3 is 2.16 bits per heavy atom. The largest absolute Gasteiger partial charge is 0.573 e. The Labute approximate surface area is 106 Å². The SMILES string of the molecule is Nc1ccc(OC(F)(F)F)cc1-c1ccc(F)cc1. The highest BCUT2D eigenvalue weighted by molar-refractivity contribution is 5.77. The van der Waals surface area contributed by atoms with Crippen molar-refractivity contribution in [2.45, 2.75) is 6.36 Å². The van der Waals surface area contributed by atoms with E-state index in [0.717, 1.165) is 12.1 Å². The van der Waals surface area contributed by atoms with Gasteiger partial charge in [-0.05, 0) is 35.9 Å². The second-order valence-electron chi connectivity index (χ2n) is 3.80. The molecule has 2 aromatic rings. The van der Waals surface area contributed by atoms with E-state index < -0.39 is 12.2 Å². The van der Waals surface area contributed by atoms with Crippen LogP contribution < -0.4 is 10.5 Å². The first-order valence-corrected chi connectivity index (χ1v) is 5.26. The summed E-state index contributed by atoms with van der Waals surface area (Å²) < 4.78 is 53.0. The molecular formula is C13H9F4NO. The van der Waals surface area contributed by atoms with Crippen molar-refractivity contribution in [1.29, 1.82) is 0 Å². The molecule has 0 fully saturated rings. The Balaban J connectivity index is 2.39. The lowest BCUT2D eigenvalue weighted by molar-refractivity contribution is -0.274. The van der Waals surface area contributed by atoms with Gasteiger partial charge in [0.25, 0.3) is 0 Å². The fraction of sp³-hybridized carbons (Fsp3) is 0.0769. The van der Waals surface area contributed by atoms with Gasteiger partial charge >= 0.3 is 6.36 Å². The highest BCUT2D eigenvalue weighted by Crippen LogP contribution is 2.32. The summed E-state index contributed by atoms with van der Waals surface area (Å²) in [7, 11) is 0. The molecule has 2 aromatic carbocycles. The Morgan fingerprint density at radius 1 is 0.947 bits per heavy atom. The molecule has 2 nitrogen and oxygen atoms in total. The lowest BCUT2D eigenvalue weighted by Gasteiger charge is -2.12. The molecule has 0 aliphatic carbocycles. The maximum atomic E-state index is 12.8. The molecule has 100 valence electrons. The molecule has 0 heterocycles. The molecule has 0 aromatic heterocycles. The topological polar surface area (TPSA) is 35.2 Å². The first kappa shape index (κ1) is 13.2. The van der Waals surface area contributed by atoms with Crippen molar-refractivity contribution in [3.05, 3.63) is 48.3 Å². The van der Waals surface area contributed by atoms with Gasteiger partial charge in [0.05, 0.1) is 0 Å². The van der Waals surface area contributed by atoms with Gasteiger partial charge in [-0.3, -0.25) is 0 Å². The van der Waals surface area contributed by atoms with Gasteiger partial charge in [0.2, 0.25) is 0 Å². The number of ether oxygens (including phenoxy) is 1. The van der Waals surface area contributed by atoms with E-state index in [1.165, 1.54) is 30.3 Å². The van der Waals surface area contributed by atoms with Crippen LogP contribution in [0.25, 0.3) is 11.1 Å². The summed E-state index contributed by atoms with van der Waals surface area (Å²) >= 11 is 0. The van der Waals surface area contributed by atoms with Crippen LogP contribution in [0.1, 0.15) is 0 Å². The van der Waals surface area contributed by atoms with E-state index in [-0.39, 0.29) is 11.4 Å². The van der Waals surface area contributed by atoms with Gasteiger partial charge in [0, 0.05) is 11.3 Å². The molecule has 0 amide bonds. The molecular weight excluding hydrogens is 262 g/mol. The molecule has 19 heavy (non-hydrogen) atoms. The summed E-state index contributed by atoms with van der Waals surface area (Å²) in [4.78, 5) is 0. The number of alkyl halides is 3. The summed E-state index contributed by atoms with van der Waals surface area (Å²) in [6, 6.07) is 8.85. The van der Waals surface area contributed by atoms with Crippen molar-refractivity contribution in [3.63, 3.8) is 0 Å². The van der Waals surface area contributed by atoms with E-state index in [9.17, 15) is 17.6 Å². The van der Waals surface area contributed by atoms with Crippen molar-refractivity contribution < 1.29 is 22.3 Å². The number of nitrogens with two attached hydrogens (primary N) is 1. The highest BCUT2D eigenvalue weighted by atomic mass is 19.4. The third-order valence-corrected chi connectivity index (χ3v) is 2.41. The Morgan fingerprint density at radius 2 is 1.58 bits per heavy atom. The van der Waals surface area contributed by atoms with Gasteiger partial charge in [-0.15, -0.1) is 13.2 Å². The van der Waals surface area contributed by atoms with E-state index >= 15 is 0 Å². The van der Waals surface area contributed by atoms with E-state index in [0.29, 0.717) is 11.1 Å². The molecule has 0 saturated heterocycles. The molecule has 0 unspecified atom stereocenters. The fourth-order valence-corrected chi connectivity index (χ4v) is 1.61. The van der Waals surface area contributed by atoms with Crippen molar-refractivity contribution in [2.24, 2.45) is 0 Å². The molecule has 2 N–H and O–H groups in total. The smallest absolute Gasteiger partial charge is 0.406 e. The van der Waals surface area contributed by atoms with Crippen LogP contribution in [-0.4, -0.2) is 6.36 Å². The molecule has 2 rings (SSSR count). The standard InChI is InChI=1S/C13H9F4NO/c14-9-3-1-8(2-4-9)11-7-10(5-6-12(11)18)19-13(15,16)17/h1-7H,18H2. The van der Waals surface area contributed by atoms with Crippen LogP contribution in [0.15, 0.2) is 42.5 Å². The predicted octanol–water partition coefficient (Wildman–Crippen LogP) is 3.97. The number of halogens is 4. The lowest BCUT2D eigenvalue weighted by atomic mass is 10.0. The number of hydrogen-bond acceptors (Lipinski definition) is 2. The molecule has 0 atom stereocenters.